The van der Waals surface area contributed by atoms with Crippen molar-refractivity contribution in [1.29, 1.82) is 0 Å². The SMILES string of the molecule is C=C(CCNc1cc(-c2cccc3c2C=NC3)nc(N2CCCCC2)c1)C(C)C. The van der Waals surface area contributed by atoms with E-state index in [1.54, 1.807) is 0 Å². The number of nitrogens with zero attached hydrogens (tertiary/aromatic N) is 3. The van der Waals surface area contributed by atoms with Crippen LogP contribution in [0.4, 0.5) is 11.5 Å². The van der Waals surface area contributed by atoms with Crippen molar-refractivity contribution in [3.63, 3.8) is 0 Å². The van der Waals surface area contributed by atoms with Gasteiger partial charge in [0.2, 0.25) is 0 Å². The van der Waals surface area contributed by atoms with Crippen molar-refractivity contribution >= 4 is 17.7 Å². The van der Waals surface area contributed by atoms with Crippen LogP contribution >= 0.6 is 0 Å². The molecule has 2 aliphatic rings. The van der Waals surface area contributed by atoms with E-state index >= 15 is 0 Å². The zero-order valence-corrected chi connectivity index (χ0v) is 17.7. The van der Waals surface area contributed by atoms with Gasteiger partial charge in [-0.2, -0.15) is 0 Å². The van der Waals surface area contributed by atoms with Crippen LogP contribution in [0.1, 0.15) is 50.7 Å². The van der Waals surface area contributed by atoms with Gasteiger partial charge >= 0.3 is 0 Å². The molecule has 152 valence electrons. The standard InChI is InChI=1S/C25H32N4/c1-18(2)19(3)10-11-27-21-14-24(22-9-7-8-20-16-26-17-23(20)22)28-25(15-21)29-12-5-4-6-13-29/h7-9,14-15,17-18H,3-6,10-13,16H2,1-2H3,(H,27,28). The number of benzene rings is 1. The molecule has 4 rings (SSSR count). The molecule has 0 atom stereocenters. The van der Waals surface area contributed by atoms with Crippen molar-refractivity contribution in [1.82, 2.24) is 4.98 Å². The maximum atomic E-state index is 5.08. The van der Waals surface area contributed by atoms with Gasteiger partial charge in [0.05, 0.1) is 12.2 Å². The topological polar surface area (TPSA) is 40.5 Å². The molecule has 4 heteroatoms. The highest BCUT2D eigenvalue weighted by molar-refractivity contribution is 5.94. The Morgan fingerprint density at radius 2 is 2.00 bits per heavy atom. The first-order valence-corrected chi connectivity index (χ1v) is 10.9. The van der Waals surface area contributed by atoms with Crippen LogP contribution < -0.4 is 10.2 Å². The number of fused-ring (bicyclic) bond motifs is 1. The number of pyridine rings is 1. The van der Waals surface area contributed by atoms with Gasteiger partial charge in [0.1, 0.15) is 5.82 Å². The lowest BCUT2D eigenvalue weighted by Crippen LogP contribution is -2.30. The molecule has 1 saturated heterocycles. The maximum absolute atomic E-state index is 5.08. The molecule has 1 N–H and O–H groups in total. The number of aliphatic imine (C=N–C) groups is 1. The molecule has 0 saturated carbocycles. The number of hydrogen-bond donors (Lipinski definition) is 1. The third kappa shape index (κ3) is 4.52. The van der Waals surface area contributed by atoms with E-state index in [2.05, 4.69) is 66.0 Å². The highest BCUT2D eigenvalue weighted by Gasteiger charge is 2.17. The van der Waals surface area contributed by atoms with Gasteiger partial charge in [-0.15, -0.1) is 0 Å². The van der Waals surface area contributed by atoms with E-state index < -0.39 is 0 Å². The zero-order valence-electron chi connectivity index (χ0n) is 17.7. The van der Waals surface area contributed by atoms with Gasteiger partial charge < -0.3 is 10.2 Å². The van der Waals surface area contributed by atoms with E-state index in [1.165, 1.54) is 41.5 Å². The molecule has 0 spiro atoms. The summed E-state index contributed by atoms with van der Waals surface area (Å²) in [5.41, 5.74) is 7.14. The molecule has 4 nitrogen and oxygen atoms in total. The van der Waals surface area contributed by atoms with E-state index in [0.29, 0.717) is 5.92 Å². The Balaban J connectivity index is 1.64. The van der Waals surface area contributed by atoms with E-state index in [9.17, 15) is 0 Å². The molecule has 29 heavy (non-hydrogen) atoms. The summed E-state index contributed by atoms with van der Waals surface area (Å²) >= 11 is 0. The molecule has 0 aliphatic carbocycles. The second-order valence-corrected chi connectivity index (χ2v) is 8.48. The Kier molecular flexibility index (Phi) is 5.98. The molecular formula is C25H32N4. The largest absolute Gasteiger partial charge is 0.385 e. The highest BCUT2D eigenvalue weighted by Crippen LogP contribution is 2.32. The predicted molar refractivity (Wildman–Crippen MR) is 124 cm³/mol. The summed E-state index contributed by atoms with van der Waals surface area (Å²) in [6.45, 7) is 12.5. The van der Waals surface area contributed by atoms with Crippen LogP contribution in [0, 0.1) is 5.92 Å². The van der Waals surface area contributed by atoms with E-state index in [0.717, 1.165) is 49.8 Å². The Morgan fingerprint density at radius 3 is 2.79 bits per heavy atom. The molecular weight excluding hydrogens is 356 g/mol. The summed E-state index contributed by atoms with van der Waals surface area (Å²) < 4.78 is 0. The average Bonchev–Trinajstić information content (AvgIpc) is 3.23. The van der Waals surface area contributed by atoms with Crippen LogP contribution in [-0.2, 0) is 6.54 Å². The zero-order chi connectivity index (χ0) is 20.2. The fourth-order valence-corrected chi connectivity index (χ4v) is 4.06. The summed E-state index contributed by atoms with van der Waals surface area (Å²) in [6.07, 6.45) is 6.80. The van der Waals surface area contributed by atoms with Crippen LogP contribution in [-0.4, -0.2) is 30.8 Å². The number of nitrogens with one attached hydrogen (secondary N) is 1. The smallest absolute Gasteiger partial charge is 0.131 e. The molecule has 0 bridgehead atoms. The molecule has 1 fully saturated rings. The quantitative estimate of drug-likeness (QED) is 0.620. The number of piperidine rings is 1. The number of anilines is 2. The Morgan fingerprint density at radius 1 is 1.17 bits per heavy atom. The molecule has 3 heterocycles. The van der Waals surface area contributed by atoms with Crippen LogP contribution in [0.15, 0.2) is 47.5 Å². The third-order valence-electron chi connectivity index (χ3n) is 6.04. The van der Waals surface area contributed by atoms with Crippen LogP contribution in [0.5, 0.6) is 0 Å². The number of hydrogen-bond acceptors (Lipinski definition) is 4. The van der Waals surface area contributed by atoms with Gasteiger partial charge in [-0.3, -0.25) is 4.99 Å². The van der Waals surface area contributed by atoms with Crippen molar-refractivity contribution in [3.05, 3.63) is 53.6 Å². The minimum atomic E-state index is 0.528. The van der Waals surface area contributed by atoms with Crippen molar-refractivity contribution in [2.24, 2.45) is 10.9 Å². The lowest BCUT2D eigenvalue weighted by molar-refractivity contribution is 0.573. The average molecular weight is 389 g/mol. The first kappa shape index (κ1) is 19.7. The Labute approximate surface area is 174 Å². The van der Waals surface area contributed by atoms with Crippen LogP contribution in [0.3, 0.4) is 0 Å². The number of aromatic nitrogens is 1. The van der Waals surface area contributed by atoms with Crippen molar-refractivity contribution in [2.75, 3.05) is 29.9 Å². The lowest BCUT2D eigenvalue weighted by Gasteiger charge is -2.28. The molecule has 2 aromatic rings. The predicted octanol–water partition coefficient (Wildman–Crippen LogP) is 5.69. The summed E-state index contributed by atoms with van der Waals surface area (Å²) in [5.74, 6) is 1.61. The Bertz CT molecular complexity index is 907. The van der Waals surface area contributed by atoms with Crippen molar-refractivity contribution in [2.45, 2.75) is 46.1 Å². The number of rotatable bonds is 7. The summed E-state index contributed by atoms with van der Waals surface area (Å²) in [5, 5.41) is 3.63. The summed E-state index contributed by atoms with van der Waals surface area (Å²) in [6, 6.07) is 10.9. The van der Waals surface area contributed by atoms with Gasteiger partial charge in [-0.05, 0) is 43.2 Å². The summed E-state index contributed by atoms with van der Waals surface area (Å²) in [7, 11) is 0. The monoisotopic (exact) mass is 388 g/mol. The van der Waals surface area contributed by atoms with Crippen molar-refractivity contribution in [3.8, 4) is 11.3 Å². The van der Waals surface area contributed by atoms with Gasteiger partial charge in [0, 0.05) is 48.7 Å². The lowest BCUT2D eigenvalue weighted by atomic mass is 10.00. The van der Waals surface area contributed by atoms with Crippen LogP contribution in [0.25, 0.3) is 11.3 Å². The van der Waals surface area contributed by atoms with E-state index in [1.807, 2.05) is 6.21 Å². The minimum absolute atomic E-state index is 0.528. The second-order valence-electron chi connectivity index (χ2n) is 8.48. The normalized spacial score (nSPS) is 15.6. The second kappa shape index (κ2) is 8.81. The van der Waals surface area contributed by atoms with Crippen molar-refractivity contribution < 1.29 is 0 Å². The Hall–Kier alpha value is -2.62. The third-order valence-corrected chi connectivity index (χ3v) is 6.04. The van der Waals surface area contributed by atoms with Gasteiger partial charge in [0.25, 0.3) is 0 Å². The van der Waals surface area contributed by atoms with E-state index in [4.69, 9.17) is 4.98 Å². The molecule has 1 aromatic heterocycles. The first-order chi connectivity index (χ1) is 14.1. The minimum Gasteiger partial charge on any atom is -0.385 e. The first-order valence-electron chi connectivity index (χ1n) is 10.9. The maximum Gasteiger partial charge on any atom is 0.131 e. The molecule has 1 aromatic carbocycles. The molecule has 0 amide bonds. The fraction of sp³-hybridized carbons (Fsp3) is 0.440. The van der Waals surface area contributed by atoms with Crippen LogP contribution in [0.2, 0.25) is 0 Å². The van der Waals surface area contributed by atoms with Gasteiger partial charge in [-0.1, -0.05) is 44.2 Å². The van der Waals surface area contributed by atoms with E-state index in [-0.39, 0.29) is 0 Å². The molecule has 0 unspecified atom stereocenters. The highest BCUT2D eigenvalue weighted by atomic mass is 15.2. The fourth-order valence-electron chi connectivity index (χ4n) is 4.06. The summed E-state index contributed by atoms with van der Waals surface area (Å²) in [4.78, 5) is 12.0. The van der Waals surface area contributed by atoms with Gasteiger partial charge in [-0.25, -0.2) is 4.98 Å². The van der Waals surface area contributed by atoms with Gasteiger partial charge in [0.15, 0.2) is 0 Å². The molecule has 0 radical (unpaired) electrons. The molecule has 2 aliphatic heterocycles.